The van der Waals surface area contributed by atoms with E-state index < -0.39 is 0 Å². The third-order valence-electron chi connectivity index (χ3n) is 3.47. The van der Waals surface area contributed by atoms with E-state index >= 15 is 0 Å². The van der Waals surface area contributed by atoms with Crippen molar-refractivity contribution < 1.29 is 14.6 Å². The van der Waals surface area contributed by atoms with E-state index in [0.717, 1.165) is 24.3 Å². The predicted octanol–water partition coefficient (Wildman–Crippen LogP) is 1.05. The molecule has 0 bridgehead atoms. The van der Waals surface area contributed by atoms with Gasteiger partial charge in [0.05, 0.1) is 30.6 Å². The van der Waals surface area contributed by atoms with Gasteiger partial charge < -0.3 is 20.1 Å². The maximum absolute atomic E-state index is 12.7. The maximum atomic E-state index is 12.7. The first kappa shape index (κ1) is 15.7. The molecule has 0 aromatic carbocycles. The van der Waals surface area contributed by atoms with E-state index in [0.29, 0.717) is 25.3 Å². The Morgan fingerprint density at radius 1 is 1.62 bits per heavy atom. The van der Waals surface area contributed by atoms with Crippen LogP contribution in [0.3, 0.4) is 0 Å². The lowest BCUT2D eigenvalue weighted by molar-refractivity contribution is -0.0447. The first-order valence-electron chi connectivity index (χ1n) is 7.38. The minimum Gasteiger partial charge on any atom is -0.394 e. The van der Waals surface area contributed by atoms with Gasteiger partial charge in [0.2, 0.25) is 0 Å². The number of aliphatic hydroxyl groups excluding tert-OH is 1. The smallest absolute Gasteiger partial charge is 0.257 e. The Labute approximate surface area is 125 Å². The molecule has 1 aromatic heterocycles. The maximum Gasteiger partial charge on any atom is 0.257 e. The Morgan fingerprint density at radius 2 is 2.43 bits per heavy atom. The van der Waals surface area contributed by atoms with Gasteiger partial charge in [0.15, 0.2) is 0 Å². The number of nitrogens with zero attached hydrogens (tertiary/aromatic N) is 2. The Bertz CT molecular complexity index is 493. The number of aliphatic hydroxyl groups is 1. The number of carbonyl (C=O) groups excluding carboxylic acids is 1. The summed E-state index contributed by atoms with van der Waals surface area (Å²) in [5, 5.41) is 12.5. The van der Waals surface area contributed by atoms with Crippen molar-refractivity contribution in [1.29, 1.82) is 0 Å². The van der Waals surface area contributed by atoms with Crippen molar-refractivity contribution >= 4 is 11.6 Å². The van der Waals surface area contributed by atoms with Gasteiger partial charge in [-0.3, -0.25) is 9.78 Å². The number of ether oxygens (including phenoxy) is 1. The number of amides is 1. The predicted molar refractivity (Wildman–Crippen MR) is 80.5 cm³/mol. The van der Waals surface area contributed by atoms with Crippen molar-refractivity contribution in [2.45, 2.75) is 26.4 Å². The second-order valence-corrected chi connectivity index (χ2v) is 5.22. The van der Waals surface area contributed by atoms with E-state index in [-0.39, 0.29) is 18.6 Å². The minimum atomic E-state index is -0.298. The third kappa shape index (κ3) is 3.92. The molecule has 0 spiro atoms. The zero-order chi connectivity index (χ0) is 15.2. The molecule has 0 radical (unpaired) electrons. The fourth-order valence-electron chi connectivity index (χ4n) is 2.32. The van der Waals surface area contributed by atoms with E-state index in [2.05, 4.69) is 17.2 Å². The Balaban J connectivity index is 2.17. The number of hydrogen-bond donors (Lipinski definition) is 2. The number of carbonyl (C=O) groups is 1. The van der Waals surface area contributed by atoms with Gasteiger partial charge >= 0.3 is 0 Å². The SMILES string of the molecule is CCCNc1cc(C)ncc1C(=O)N1CCOC(CO)C1. The standard InChI is InChI=1S/C15H23N3O3/c1-3-4-16-14-7-11(2)17-8-13(14)15(20)18-5-6-21-12(9-18)10-19/h7-8,12,19H,3-6,9-10H2,1-2H3,(H,16,17). The third-order valence-corrected chi connectivity index (χ3v) is 3.47. The van der Waals surface area contributed by atoms with Crippen molar-refractivity contribution in [2.24, 2.45) is 0 Å². The molecule has 1 atom stereocenters. The molecule has 2 N–H and O–H groups in total. The molecular weight excluding hydrogens is 270 g/mol. The van der Waals surface area contributed by atoms with Gasteiger partial charge in [-0.15, -0.1) is 0 Å². The Morgan fingerprint density at radius 3 is 3.14 bits per heavy atom. The number of rotatable bonds is 5. The summed E-state index contributed by atoms with van der Waals surface area (Å²) < 4.78 is 5.38. The van der Waals surface area contributed by atoms with Crippen LogP contribution < -0.4 is 5.32 Å². The zero-order valence-electron chi connectivity index (χ0n) is 12.6. The number of anilines is 1. The molecule has 0 saturated carbocycles. The van der Waals surface area contributed by atoms with Crippen LogP contribution in [0.1, 0.15) is 29.4 Å². The van der Waals surface area contributed by atoms with Gasteiger partial charge in [0.25, 0.3) is 5.91 Å². The fraction of sp³-hybridized carbons (Fsp3) is 0.600. The van der Waals surface area contributed by atoms with Gasteiger partial charge in [0, 0.05) is 31.5 Å². The summed E-state index contributed by atoms with van der Waals surface area (Å²) >= 11 is 0. The highest BCUT2D eigenvalue weighted by atomic mass is 16.5. The molecule has 1 fully saturated rings. The summed E-state index contributed by atoms with van der Waals surface area (Å²) in [6.45, 7) is 6.13. The summed E-state index contributed by atoms with van der Waals surface area (Å²) in [6.07, 6.45) is 2.31. The van der Waals surface area contributed by atoms with Gasteiger partial charge in [-0.25, -0.2) is 0 Å². The number of nitrogens with one attached hydrogen (secondary N) is 1. The number of hydrogen-bond acceptors (Lipinski definition) is 5. The summed E-state index contributed by atoms with van der Waals surface area (Å²) in [4.78, 5) is 18.6. The highest BCUT2D eigenvalue weighted by Gasteiger charge is 2.26. The summed E-state index contributed by atoms with van der Waals surface area (Å²) in [6, 6.07) is 1.90. The number of pyridine rings is 1. The lowest BCUT2D eigenvalue weighted by Crippen LogP contribution is -2.47. The average Bonchev–Trinajstić information content (AvgIpc) is 2.52. The molecule has 1 saturated heterocycles. The first-order valence-corrected chi connectivity index (χ1v) is 7.38. The number of aromatic nitrogens is 1. The Kier molecular flexibility index (Phi) is 5.52. The zero-order valence-corrected chi connectivity index (χ0v) is 12.6. The van der Waals surface area contributed by atoms with Crippen molar-refractivity contribution in [3.05, 3.63) is 23.5 Å². The van der Waals surface area contributed by atoms with E-state index in [1.807, 2.05) is 13.0 Å². The Hall–Kier alpha value is -1.66. The molecule has 2 heterocycles. The van der Waals surface area contributed by atoms with Crippen LogP contribution in [0.25, 0.3) is 0 Å². The van der Waals surface area contributed by atoms with Gasteiger partial charge in [0.1, 0.15) is 0 Å². The van der Waals surface area contributed by atoms with Crippen LogP contribution in [0, 0.1) is 6.92 Å². The van der Waals surface area contributed by atoms with Crippen molar-refractivity contribution in [3.63, 3.8) is 0 Å². The fourth-order valence-corrected chi connectivity index (χ4v) is 2.32. The molecule has 116 valence electrons. The lowest BCUT2D eigenvalue weighted by Gasteiger charge is -2.32. The molecule has 1 aliphatic rings. The van der Waals surface area contributed by atoms with E-state index in [9.17, 15) is 9.90 Å². The summed E-state index contributed by atoms with van der Waals surface area (Å²) in [7, 11) is 0. The second-order valence-electron chi connectivity index (χ2n) is 5.22. The van der Waals surface area contributed by atoms with Gasteiger partial charge in [-0.1, -0.05) is 6.92 Å². The van der Waals surface area contributed by atoms with E-state index in [1.165, 1.54) is 0 Å². The topological polar surface area (TPSA) is 74.7 Å². The van der Waals surface area contributed by atoms with Crippen LogP contribution >= 0.6 is 0 Å². The van der Waals surface area contributed by atoms with Crippen LogP contribution in [-0.4, -0.2) is 59.8 Å². The minimum absolute atomic E-state index is 0.0668. The van der Waals surface area contributed by atoms with Crippen LogP contribution in [0.2, 0.25) is 0 Å². The molecule has 6 nitrogen and oxygen atoms in total. The highest BCUT2D eigenvalue weighted by molar-refractivity contribution is 5.99. The quantitative estimate of drug-likeness (QED) is 0.848. The monoisotopic (exact) mass is 293 g/mol. The molecule has 1 amide bonds. The second kappa shape index (κ2) is 7.38. The van der Waals surface area contributed by atoms with Crippen LogP contribution in [0.5, 0.6) is 0 Å². The molecule has 1 aromatic rings. The van der Waals surface area contributed by atoms with Crippen molar-refractivity contribution in [1.82, 2.24) is 9.88 Å². The molecule has 0 aliphatic carbocycles. The van der Waals surface area contributed by atoms with Crippen molar-refractivity contribution in [2.75, 3.05) is 38.2 Å². The molecule has 6 heteroatoms. The largest absolute Gasteiger partial charge is 0.394 e. The molecule has 21 heavy (non-hydrogen) atoms. The normalized spacial score (nSPS) is 18.6. The summed E-state index contributed by atoms with van der Waals surface area (Å²) in [5.74, 6) is -0.0668. The first-order chi connectivity index (χ1) is 10.2. The highest BCUT2D eigenvalue weighted by Crippen LogP contribution is 2.19. The van der Waals surface area contributed by atoms with Crippen LogP contribution in [-0.2, 0) is 4.74 Å². The van der Waals surface area contributed by atoms with Crippen molar-refractivity contribution in [3.8, 4) is 0 Å². The van der Waals surface area contributed by atoms with Gasteiger partial charge in [-0.2, -0.15) is 0 Å². The molecule has 2 rings (SSSR count). The van der Waals surface area contributed by atoms with Crippen LogP contribution in [0.15, 0.2) is 12.3 Å². The van der Waals surface area contributed by atoms with Crippen LogP contribution in [0.4, 0.5) is 5.69 Å². The molecule has 1 aliphatic heterocycles. The van der Waals surface area contributed by atoms with E-state index in [4.69, 9.17) is 4.74 Å². The number of morpholine rings is 1. The molecular formula is C15H23N3O3. The summed E-state index contributed by atoms with van der Waals surface area (Å²) in [5.41, 5.74) is 2.27. The average molecular weight is 293 g/mol. The number of aryl methyl sites for hydroxylation is 1. The molecule has 1 unspecified atom stereocenters. The lowest BCUT2D eigenvalue weighted by atomic mass is 10.1. The van der Waals surface area contributed by atoms with Gasteiger partial charge in [-0.05, 0) is 19.4 Å². The van der Waals surface area contributed by atoms with E-state index in [1.54, 1.807) is 11.1 Å².